The fraction of sp³-hybridized carbons (Fsp3) is 0.0952. The second kappa shape index (κ2) is 9.51. The Morgan fingerprint density at radius 1 is 0.848 bits per heavy atom. The normalized spacial score (nSPS) is 10.2. The standard InChI is InChI=1S/C21H18N4O8/c1-32-13-4-6-15(19(26)10-13)21(16-7-5-14(33-2)11-20(16)27)23-22-17-8-3-12(24(28)29)9-18(17)25(30)31/h3-11,22,26-27H,1-2H3. The number of hydrogen-bond acceptors (Lipinski definition) is 10. The number of nitro groups is 2. The lowest BCUT2D eigenvalue weighted by atomic mass is 10.00. The first-order valence-corrected chi connectivity index (χ1v) is 9.26. The van der Waals surface area contributed by atoms with E-state index in [2.05, 4.69) is 10.5 Å². The smallest absolute Gasteiger partial charge is 0.301 e. The summed E-state index contributed by atoms with van der Waals surface area (Å²) in [4.78, 5) is 20.8. The van der Waals surface area contributed by atoms with Gasteiger partial charge in [-0.25, -0.2) is 0 Å². The van der Waals surface area contributed by atoms with Crippen molar-refractivity contribution in [3.05, 3.63) is 86.0 Å². The van der Waals surface area contributed by atoms with Crippen molar-refractivity contribution < 1.29 is 29.5 Å². The second-order valence-electron chi connectivity index (χ2n) is 6.55. The minimum atomic E-state index is -0.791. The average molecular weight is 454 g/mol. The number of nitrogens with zero attached hydrogens (tertiary/aromatic N) is 3. The Balaban J connectivity index is 2.15. The average Bonchev–Trinajstić information content (AvgIpc) is 2.80. The van der Waals surface area contributed by atoms with Crippen LogP contribution in [0.4, 0.5) is 17.1 Å². The molecular weight excluding hydrogens is 436 g/mol. The van der Waals surface area contributed by atoms with Crippen molar-refractivity contribution in [2.24, 2.45) is 5.10 Å². The Kier molecular flexibility index (Phi) is 6.57. The maximum atomic E-state index is 11.4. The van der Waals surface area contributed by atoms with Gasteiger partial charge in [-0.2, -0.15) is 5.10 Å². The molecule has 3 aromatic rings. The molecular formula is C21H18N4O8. The third kappa shape index (κ3) is 4.90. The number of ether oxygens (including phenoxy) is 2. The lowest BCUT2D eigenvalue weighted by Gasteiger charge is -2.13. The van der Waals surface area contributed by atoms with Gasteiger partial charge in [0.2, 0.25) is 0 Å². The number of hydrogen-bond donors (Lipinski definition) is 3. The molecule has 12 heteroatoms. The lowest BCUT2D eigenvalue weighted by molar-refractivity contribution is -0.393. The molecule has 0 saturated heterocycles. The summed E-state index contributed by atoms with van der Waals surface area (Å²) in [5.41, 5.74) is 1.71. The molecule has 0 aliphatic rings. The van der Waals surface area contributed by atoms with Crippen molar-refractivity contribution in [2.45, 2.75) is 0 Å². The Bertz CT molecular complexity index is 1200. The summed E-state index contributed by atoms with van der Waals surface area (Å²) in [5, 5.41) is 47.6. The molecule has 3 N–H and O–H groups in total. The Morgan fingerprint density at radius 3 is 1.82 bits per heavy atom. The van der Waals surface area contributed by atoms with Crippen molar-refractivity contribution in [1.29, 1.82) is 0 Å². The van der Waals surface area contributed by atoms with Gasteiger partial charge in [0, 0.05) is 29.3 Å². The van der Waals surface area contributed by atoms with Gasteiger partial charge >= 0.3 is 5.69 Å². The molecule has 3 aromatic carbocycles. The molecule has 0 amide bonds. The number of hydrazone groups is 1. The largest absolute Gasteiger partial charge is 0.507 e. The van der Waals surface area contributed by atoms with Gasteiger partial charge in [0.15, 0.2) is 0 Å². The highest BCUT2D eigenvalue weighted by atomic mass is 16.6. The first kappa shape index (κ1) is 22.8. The topological polar surface area (TPSA) is 170 Å². The van der Waals surface area contributed by atoms with E-state index >= 15 is 0 Å². The van der Waals surface area contributed by atoms with E-state index in [9.17, 15) is 30.4 Å². The summed E-state index contributed by atoms with van der Waals surface area (Å²) in [6.45, 7) is 0. The van der Waals surface area contributed by atoms with Crippen molar-refractivity contribution in [2.75, 3.05) is 19.6 Å². The van der Waals surface area contributed by atoms with Gasteiger partial charge in [-0.05, 0) is 30.3 Å². The number of non-ortho nitro benzene ring substituents is 1. The van der Waals surface area contributed by atoms with Crippen molar-refractivity contribution in [3.8, 4) is 23.0 Å². The Labute approximate surface area is 186 Å². The summed E-state index contributed by atoms with van der Waals surface area (Å²) < 4.78 is 10.2. The van der Waals surface area contributed by atoms with Crippen LogP contribution in [-0.2, 0) is 0 Å². The molecule has 0 aliphatic heterocycles. The van der Waals surface area contributed by atoms with Crippen LogP contribution in [0.3, 0.4) is 0 Å². The third-order valence-corrected chi connectivity index (χ3v) is 4.60. The predicted molar refractivity (Wildman–Crippen MR) is 118 cm³/mol. The Morgan fingerprint density at radius 2 is 1.39 bits per heavy atom. The van der Waals surface area contributed by atoms with Crippen molar-refractivity contribution in [1.82, 2.24) is 0 Å². The summed E-state index contributed by atoms with van der Waals surface area (Å²) in [5.74, 6) is 0.272. The van der Waals surface area contributed by atoms with Gasteiger partial charge in [-0.1, -0.05) is 0 Å². The zero-order valence-corrected chi connectivity index (χ0v) is 17.4. The van der Waals surface area contributed by atoms with E-state index in [1.54, 1.807) is 12.1 Å². The summed E-state index contributed by atoms with van der Waals surface area (Å²) in [6.07, 6.45) is 0. The zero-order valence-electron chi connectivity index (χ0n) is 17.4. The summed E-state index contributed by atoms with van der Waals surface area (Å²) in [7, 11) is 2.85. The van der Waals surface area contributed by atoms with E-state index in [-0.39, 0.29) is 34.0 Å². The van der Waals surface area contributed by atoms with E-state index in [4.69, 9.17) is 9.47 Å². The lowest BCUT2D eigenvalue weighted by Crippen LogP contribution is -2.08. The molecule has 0 atom stereocenters. The maximum Gasteiger partial charge on any atom is 0.301 e. The monoisotopic (exact) mass is 454 g/mol. The highest BCUT2D eigenvalue weighted by Crippen LogP contribution is 2.33. The number of nitrogens with one attached hydrogen (secondary N) is 1. The van der Waals surface area contributed by atoms with Gasteiger partial charge in [-0.3, -0.25) is 25.7 Å². The fourth-order valence-corrected chi connectivity index (χ4v) is 2.94. The number of phenolic OH excluding ortho intramolecular Hbond substituents is 2. The van der Waals surface area contributed by atoms with Crippen molar-refractivity contribution >= 4 is 22.8 Å². The molecule has 0 bridgehead atoms. The zero-order chi connectivity index (χ0) is 24.1. The quantitative estimate of drug-likeness (QED) is 0.260. The minimum absolute atomic E-state index is 0.0305. The van der Waals surface area contributed by atoms with Crippen LogP contribution in [0.2, 0.25) is 0 Å². The predicted octanol–water partition coefficient (Wildman–Crippen LogP) is 3.80. The number of methoxy groups -OCH3 is 2. The van der Waals surface area contributed by atoms with Gasteiger partial charge in [-0.15, -0.1) is 0 Å². The number of benzene rings is 3. The van der Waals surface area contributed by atoms with Crippen LogP contribution in [0.5, 0.6) is 23.0 Å². The van der Waals surface area contributed by atoms with E-state index < -0.39 is 21.2 Å². The van der Waals surface area contributed by atoms with Gasteiger partial charge in [0.1, 0.15) is 34.4 Å². The third-order valence-electron chi connectivity index (χ3n) is 4.60. The number of anilines is 1. The number of rotatable bonds is 8. The van der Waals surface area contributed by atoms with Gasteiger partial charge in [0.05, 0.1) is 30.1 Å². The van der Waals surface area contributed by atoms with Crippen LogP contribution in [0, 0.1) is 20.2 Å². The van der Waals surface area contributed by atoms with Crippen LogP contribution < -0.4 is 14.9 Å². The molecule has 0 spiro atoms. The molecule has 0 saturated carbocycles. The summed E-state index contributed by atoms with van der Waals surface area (Å²) in [6, 6.07) is 11.8. The van der Waals surface area contributed by atoms with E-state index in [1.807, 2.05) is 0 Å². The number of nitro benzene ring substituents is 2. The molecule has 3 rings (SSSR count). The first-order chi connectivity index (χ1) is 15.7. The molecule has 33 heavy (non-hydrogen) atoms. The second-order valence-corrected chi connectivity index (χ2v) is 6.55. The van der Waals surface area contributed by atoms with Gasteiger partial charge < -0.3 is 19.7 Å². The molecule has 12 nitrogen and oxygen atoms in total. The molecule has 0 radical (unpaired) electrons. The summed E-state index contributed by atoms with van der Waals surface area (Å²) >= 11 is 0. The van der Waals surface area contributed by atoms with E-state index in [0.29, 0.717) is 11.5 Å². The molecule has 0 fully saturated rings. The van der Waals surface area contributed by atoms with Crippen LogP contribution in [-0.4, -0.2) is 40.0 Å². The number of phenols is 2. The number of aromatic hydroxyl groups is 2. The van der Waals surface area contributed by atoms with Crippen LogP contribution in [0.15, 0.2) is 59.7 Å². The fourth-order valence-electron chi connectivity index (χ4n) is 2.94. The van der Waals surface area contributed by atoms with E-state index in [0.717, 1.165) is 18.2 Å². The van der Waals surface area contributed by atoms with Gasteiger partial charge in [0.25, 0.3) is 5.69 Å². The van der Waals surface area contributed by atoms with Crippen LogP contribution >= 0.6 is 0 Å². The molecule has 0 aliphatic carbocycles. The first-order valence-electron chi connectivity index (χ1n) is 9.26. The highest BCUT2D eigenvalue weighted by molar-refractivity contribution is 6.16. The Hall–Kier alpha value is -4.87. The highest BCUT2D eigenvalue weighted by Gasteiger charge is 2.21. The molecule has 0 unspecified atom stereocenters. The SMILES string of the molecule is COc1ccc(C(=NNc2ccc([N+](=O)[O-])cc2[N+](=O)[O-])c2ccc(OC)cc2O)c(O)c1. The van der Waals surface area contributed by atoms with E-state index in [1.165, 1.54) is 38.5 Å². The van der Waals surface area contributed by atoms with Crippen LogP contribution in [0.1, 0.15) is 11.1 Å². The molecule has 0 aromatic heterocycles. The maximum absolute atomic E-state index is 11.4. The van der Waals surface area contributed by atoms with Crippen molar-refractivity contribution in [3.63, 3.8) is 0 Å². The minimum Gasteiger partial charge on any atom is -0.507 e. The molecule has 170 valence electrons. The molecule has 0 heterocycles. The van der Waals surface area contributed by atoms with Crippen LogP contribution in [0.25, 0.3) is 0 Å².